The maximum atomic E-state index is 11.7. The lowest BCUT2D eigenvalue weighted by atomic mass is 9.86. The minimum Gasteiger partial charge on any atom is -0.481 e. The van der Waals surface area contributed by atoms with E-state index in [1.54, 1.807) is 6.92 Å². The highest BCUT2D eigenvalue weighted by molar-refractivity contribution is 7.25. The molecule has 0 spiro atoms. The first kappa shape index (κ1) is 23.0. The minimum absolute atomic E-state index is 0.0381. The molecule has 0 aromatic heterocycles. The Balaban J connectivity index is 3.02. The van der Waals surface area contributed by atoms with Crippen LogP contribution in [0.1, 0.15) is 58.1 Å². The van der Waals surface area contributed by atoms with Crippen LogP contribution >= 0.6 is 8.46 Å². The lowest BCUT2D eigenvalue weighted by molar-refractivity contribution is -0.147. The standard InChI is InChI=1S/C20H28NO5P/c1-13(11-14-5-7-15(8-6-14)19(2,3)4)12-20(25,27-26)16(18(23)24)9-10-17(21)22/h5-8,11,16,25H,9-10,12H2,1-4H3,(H2,21,22)(H,23,24)/p+1. The third-order valence-electron chi connectivity index (χ3n) is 4.47. The molecule has 7 heteroatoms. The Morgan fingerprint density at radius 1 is 1.22 bits per heavy atom. The number of carboxylic acids is 1. The summed E-state index contributed by atoms with van der Waals surface area (Å²) in [7, 11) is -1.25. The van der Waals surface area contributed by atoms with E-state index in [4.69, 9.17) is 5.73 Å². The Labute approximate surface area is 161 Å². The van der Waals surface area contributed by atoms with Crippen molar-refractivity contribution in [1.82, 2.24) is 0 Å². The number of rotatable bonds is 9. The third-order valence-corrected chi connectivity index (χ3v) is 5.35. The Morgan fingerprint density at radius 3 is 2.19 bits per heavy atom. The van der Waals surface area contributed by atoms with E-state index in [9.17, 15) is 24.4 Å². The number of carbonyl (C=O) groups is 2. The largest absolute Gasteiger partial charge is 0.481 e. The predicted molar refractivity (Wildman–Crippen MR) is 107 cm³/mol. The number of carbonyl (C=O) groups excluding carboxylic acids is 1. The van der Waals surface area contributed by atoms with Crippen LogP contribution in [0.5, 0.6) is 0 Å². The molecule has 1 aromatic rings. The molecule has 1 rings (SSSR count). The first-order valence-electron chi connectivity index (χ1n) is 8.79. The molecule has 0 fully saturated rings. The Morgan fingerprint density at radius 2 is 1.78 bits per heavy atom. The van der Waals surface area contributed by atoms with E-state index in [-0.39, 0.29) is 24.7 Å². The molecule has 0 aliphatic carbocycles. The summed E-state index contributed by atoms with van der Waals surface area (Å²) in [6, 6.07) is 7.94. The van der Waals surface area contributed by atoms with Crippen molar-refractivity contribution in [2.45, 2.75) is 57.7 Å². The van der Waals surface area contributed by atoms with Gasteiger partial charge in [-0.3, -0.25) is 9.59 Å². The normalized spacial score (nSPS) is 16.0. The summed E-state index contributed by atoms with van der Waals surface area (Å²) in [5.41, 5.74) is 7.89. The molecular weight excluding hydrogens is 365 g/mol. The zero-order valence-corrected chi connectivity index (χ0v) is 17.3. The van der Waals surface area contributed by atoms with Gasteiger partial charge in [-0.15, -0.1) is 0 Å². The number of aliphatic carboxylic acids is 1. The van der Waals surface area contributed by atoms with Gasteiger partial charge < -0.3 is 15.9 Å². The van der Waals surface area contributed by atoms with E-state index >= 15 is 0 Å². The average Bonchev–Trinajstić information content (AvgIpc) is 2.53. The molecule has 4 N–H and O–H groups in total. The smallest absolute Gasteiger partial charge is 0.360 e. The summed E-state index contributed by atoms with van der Waals surface area (Å²) < 4.78 is 11.7. The molecule has 0 bridgehead atoms. The molecule has 1 amide bonds. The number of aliphatic hydroxyl groups is 1. The fraction of sp³-hybridized carbons (Fsp3) is 0.500. The van der Waals surface area contributed by atoms with Gasteiger partial charge in [-0.25, -0.2) is 0 Å². The summed E-state index contributed by atoms with van der Waals surface area (Å²) in [5, 5.41) is 18.1. The first-order valence-corrected chi connectivity index (χ1v) is 9.70. The number of primary amides is 1. The van der Waals surface area contributed by atoms with Gasteiger partial charge in [0.15, 0.2) is 0 Å². The molecule has 0 aliphatic rings. The minimum atomic E-state index is -1.95. The lowest BCUT2D eigenvalue weighted by Crippen LogP contribution is -2.38. The Kier molecular flexibility index (Phi) is 7.88. The van der Waals surface area contributed by atoms with E-state index in [0.29, 0.717) is 5.57 Å². The number of nitrogens with two attached hydrogens (primary N) is 1. The van der Waals surface area contributed by atoms with Crippen molar-refractivity contribution in [3.63, 3.8) is 0 Å². The first-order chi connectivity index (χ1) is 12.4. The molecule has 6 nitrogen and oxygen atoms in total. The maximum absolute atomic E-state index is 11.7. The van der Waals surface area contributed by atoms with E-state index < -0.39 is 31.6 Å². The summed E-state index contributed by atoms with van der Waals surface area (Å²) in [6.07, 6.45) is 1.39. The van der Waals surface area contributed by atoms with Crippen LogP contribution < -0.4 is 5.73 Å². The SMILES string of the molecule is CC(=Cc1ccc(C(C)(C)C)cc1)CC(O)([PH+]=O)C(CCC(N)=O)C(=O)O. The van der Waals surface area contributed by atoms with Crippen molar-refractivity contribution < 1.29 is 24.4 Å². The van der Waals surface area contributed by atoms with Gasteiger partial charge in [0.1, 0.15) is 5.92 Å². The molecular formula is C20H29NO5P+. The van der Waals surface area contributed by atoms with Crippen LogP contribution in [0.15, 0.2) is 29.8 Å². The summed E-state index contributed by atoms with van der Waals surface area (Å²) >= 11 is 0. The van der Waals surface area contributed by atoms with E-state index in [2.05, 4.69) is 20.8 Å². The summed E-state index contributed by atoms with van der Waals surface area (Å²) in [6.45, 7) is 8.11. The fourth-order valence-corrected chi connectivity index (χ4v) is 3.68. The van der Waals surface area contributed by atoms with Crippen LogP contribution in [0.3, 0.4) is 0 Å². The second kappa shape index (κ2) is 9.25. The molecule has 0 saturated carbocycles. The number of hydrogen-bond donors (Lipinski definition) is 3. The third kappa shape index (κ3) is 6.89. The lowest BCUT2D eigenvalue weighted by Gasteiger charge is -2.22. The second-order valence-corrected chi connectivity index (χ2v) is 9.03. The zero-order chi connectivity index (χ0) is 20.8. The van der Waals surface area contributed by atoms with Crippen LogP contribution in [-0.2, 0) is 19.6 Å². The average molecular weight is 394 g/mol. The molecule has 3 unspecified atom stereocenters. The molecule has 148 valence electrons. The number of carboxylic acid groups (broad SMARTS) is 1. The molecule has 0 radical (unpaired) electrons. The van der Waals surface area contributed by atoms with Gasteiger partial charge in [0.25, 0.3) is 5.34 Å². The van der Waals surface area contributed by atoms with E-state index in [1.165, 1.54) is 5.56 Å². The molecule has 0 aliphatic heterocycles. The highest BCUT2D eigenvalue weighted by atomic mass is 31.1. The second-order valence-electron chi connectivity index (χ2n) is 7.96. The quantitative estimate of drug-likeness (QED) is 0.555. The van der Waals surface area contributed by atoms with E-state index in [0.717, 1.165) is 5.56 Å². The number of hydrogen-bond acceptors (Lipinski definition) is 4. The van der Waals surface area contributed by atoms with Gasteiger partial charge in [-0.1, -0.05) is 61.3 Å². The van der Waals surface area contributed by atoms with Gasteiger partial charge in [-0.2, -0.15) is 0 Å². The molecule has 0 saturated heterocycles. The Bertz CT molecular complexity index is 721. The van der Waals surface area contributed by atoms with Crippen molar-refractivity contribution in [2.75, 3.05) is 0 Å². The van der Waals surface area contributed by atoms with Crippen LogP contribution in [0.25, 0.3) is 6.08 Å². The monoisotopic (exact) mass is 394 g/mol. The molecule has 3 atom stereocenters. The van der Waals surface area contributed by atoms with Crippen LogP contribution in [-0.4, -0.2) is 27.4 Å². The molecule has 1 aromatic carbocycles. The van der Waals surface area contributed by atoms with Crippen molar-refractivity contribution in [2.24, 2.45) is 11.7 Å². The number of amides is 1. The van der Waals surface area contributed by atoms with Gasteiger partial charge in [0.05, 0.1) is 0 Å². The van der Waals surface area contributed by atoms with Gasteiger partial charge in [0.2, 0.25) is 5.91 Å². The highest BCUT2D eigenvalue weighted by Gasteiger charge is 2.49. The Hall–Kier alpha value is -2.04. The van der Waals surface area contributed by atoms with Crippen LogP contribution in [0.4, 0.5) is 0 Å². The summed E-state index contributed by atoms with van der Waals surface area (Å²) in [4.78, 5) is 22.5. The van der Waals surface area contributed by atoms with Crippen LogP contribution in [0, 0.1) is 5.92 Å². The predicted octanol–water partition coefficient (Wildman–Crippen LogP) is 3.46. The topological polar surface area (TPSA) is 118 Å². The van der Waals surface area contributed by atoms with Gasteiger partial charge in [0, 0.05) is 12.8 Å². The fourth-order valence-electron chi connectivity index (χ4n) is 2.92. The summed E-state index contributed by atoms with van der Waals surface area (Å²) in [5.74, 6) is -3.30. The maximum Gasteiger partial charge on any atom is 0.360 e. The molecule has 27 heavy (non-hydrogen) atoms. The van der Waals surface area contributed by atoms with Crippen LogP contribution in [0.2, 0.25) is 0 Å². The van der Waals surface area contributed by atoms with Crippen molar-refractivity contribution in [1.29, 1.82) is 0 Å². The van der Waals surface area contributed by atoms with Gasteiger partial charge in [-0.05, 0) is 29.9 Å². The van der Waals surface area contributed by atoms with Gasteiger partial charge >= 0.3 is 14.4 Å². The van der Waals surface area contributed by atoms with E-state index in [1.807, 2.05) is 30.3 Å². The zero-order valence-electron chi connectivity index (χ0n) is 16.3. The molecule has 0 heterocycles. The number of benzene rings is 1. The van der Waals surface area contributed by atoms with Crippen molar-refractivity contribution in [3.8, 4) is 0 Å². The van der Waals surface area contributed by atoms with Crippen molar-refractivity contribution >= 4 is 26.4 Å². The highest BCUT2D eigenvalue weighted by Crippen LogP contribution is 2.38. The van der Waals surface area contributed by atoms with Crippen molar-refractivity contribution in [3.05, 3.63) is 41.0 Å².